The monoisotopic (exact) mass is 251 g/mol. The van der Waals surface area contributed by atoms with Gasteiger partial charge in [-0.25, -0.2) is 0 Å². The number of aromatic nitrogens is 1. The molecule has 0 aromatic carbocycles. The van der Waals surface area contributed by atoms with Crippen LogP contribution >= 0.6 is 0 Å². The Morgan fingerprint density at radius 1 is 1.56 bits per heavy atom. The maximum Gasteiger partial charge on any atom is 0.226 e. The van der Waals surface area contributed by atoms with Crippen LogP contribution in [0.2, 0.25) is 0 Å². The first-order valence-corrected chi connectivity index (χ1v) is 6.47. The van der Waals surface area contributed by atoms with Crippen molar-refractivity contribution in [1.29, 1.82) is 0 Å². The number of hydrogen-bond donors (Lipinski definition) is 2. The summed E-state index contributed by atoms with van der Waals surface area (Å²) >= 11 is 0. The van der Waals surface area contributed by atoms with Gasteiger partial charge in [-0.2, -0.15) is 0 Å². The van der Waals surface area contributed by atoms with Gasteiger partial charge in [0.05, 0.1) is 12.1 Å². The predicted octanol–water partition coefficient (Wildman–Crippen LogP) is 1.03. The average Bonchev–Trinajstić information content (AvgIpc) is 2.73. The summed E-state index contributed by atoms with van der Waals surface area (Å²) in [5.74, 6) is 0.756. The molecule has 1 aliphatic rings. The summed E-state index contributed by atoms with van der Waals surface area (Å²) in [4.78, 5) is 11.8. The Morgan fingerprint density at radius 3 is 2.89 bits per heavy atom. The van der Waals surface area contributed by atoms with E-state index in [2.05, 4.69) is 22.7 Å². The van der Waals surface area contributed by atoms with Crippen LogP contribution in [0.25, 0.3) is 0 Å². The summed E-state index contributed by atoms with van der Waals surface area (Å²) in [5, 5.41) is 10.2. The number of rotatable bonds is 4. The Kier molecular flexibility index (Phi) is 4.01. The van der Waals surface area contributed by atoms with E-state index < -0.39 is 0 Å². The molecule has 2 N–H and O–H groups in total. The third-order valence-electron chi connectivity index (χ3n) is 3.54. The van der Waals surface area contributed by atoms with Gasteiger partial charge in [0.1, 0.15) is 5.76 Å². The molecular formula is C13H21N3O2. The Labute approximate surface area is 107 Å². The van der Waals surface area contributed by atoms with Crippen LogP contribution in [-0.2, 0) is 11.2 Å². The van der Waals surface area contributed by atoms with E-state index in [1.807, 2.05) is 6.92 Å². The molecule has 0 saturated carbocycles. The molecule has 2 heterocycles. The summed E-state index contributed by atoms with van der Waals surface area (Å²) < 4.78 is 4.94. The topological polar surface area (TPSA) is 67.2 Å². The zero-order chi connectivity index (χ0) is 13.0. The molecular weight excluding hydrogens is 230 g/mol. The smallest absolute Gasteiger partial charge is 0.226 e. The van der Waals surface area contributed by atoms with E-state index in [-0.39, 0.29) is 11.3 Å². The number of nitrogens with zero attached hydrogens (tertiary/aromatic N) is 1. The molecule has 0 bridgehead atoms. The molecule has 1 aromatic rings. The van der Waals surface area contributed by atoms with Crippen molar-refractivity contribution in [2.24, 2.45) is 5.41 Å². The lowest BCUT2D eigenvalue weighted by molar-refractivity contribution is -0.121. The lowest BCUT2D eigenvalue weighted by atomic mass is 9.81. The normalized spacial score (nSPS) is 18.6. The van der Waals surface area contributed by atoms with Crippen molar-refractivity contribution in [3.8, 4) is 0 Å². The predicted molar refractivity (Wildman–Crippen MR) is 68.2 cm³/mol. The van der Waals surface area contributed by atoms with Crippen LogP contribution in [0.5, 0.6) is 0 Å². The van der Waals surface area contributed by atoms with Gasteiger partial charge in [-0.1, -0.05) is 12.1 Å². The molecule has 1 aromatic heterocycles. The number of nitrogens with one attached hydrogen (secondary N) is 2. The van der Waals surface area contributed by atoms with Crippen molar-refractivity contribution in [1.82, 2.24) is 15.8 Å². The van der Waals surface area contributed by atoms with Crippen LogP contribution in [0, 0.1) is 12.3 Å². The highest BCUT2D eigenvalue weighted by molar-refractivity contribution is 5.78. The largest absolute Gasteiger partial charge is 0.361 e. The van der Waals surface area contributed by atoms with Gasteiger partial charge in [0.2, 0.25) is 5.91 Å². The summed E-state index contributed by atoms with van der Waals surface area (Å²) in [6.45, 7) is 6.87. The molecule has 5 heteroatoms. The molecule has 100 valence electrons. The molecule has 0 unspecified atom stereocenters. The number of piperidine rings is 1. The molecule has 5 nitrogen and oxygen atoms in total. The minimum Gasteiger partial charge on any atom is -0.361 e. The minimum atomic E-state index is 0.0167. The summed E-state index contributed by atoms with van der Waals surface area (Å²) in [7, 11) is 0. The minimum absolute atomic E-state index is 0.0167. The van der Waals surface area contributed by atoms with Crippen LogP contribution in [0.3, 0.4) is 0 Å². The van der Waals surface area contributed by atoms with E-state index >= 15 is 0 Å². The second-order valence-electron chi connectivity index (χ2n) is 5.44. The highest BCUT2D eigenvalue weighted by Gasteiger charge is 2.27. The molecule has 1 amide bonds. The van der Waals surface area contributed by atoms with Crippen molar-refractivity contribution in [3.63, 3.8) is 0 Å². The van der Waals surface area contributed by atoms with Crippen molar-refractivity contribution in [3.05, 3.63) is 17.5 Å². The van der Waals surface area contributed by atoms with Crippen LogP contribution < -0.4 is 10.6 Å². The van der Waals surface area contributed by atoms with Gasteiger partial charge in [0.25, 0.3) is 0 Å². The third kappa shape index (κ3) is 3.57. The van der Waals surface area contributed by atoms with Gasteiger partial charge in [0.15, 0.2) is 0 Å². The second kappa shape index (κ2) is 5.52. The fourth-order valence-electron chi connectivity index (χ4n) is 2.25. The lowest BCUT2D eigenvalue weighted by Gasteiger charge is -2.34. The van der Waals surface area contributed by atoms with Crippen LogP contribution in [-0.4, -0.2) is 30.7 Å². The van der Waals surface area contributed by atoms with Crippen molar-refractivity contribution >= 4 is 5.91 Å². The Balaban J connectivity index is 1.77. The van der Waals surface area contributed by atoms with E-state index in [1.54, 1.807) is 6.07 Å². The van der Waals surface area contributed by atoms with Gasteiger partial charge in [0, 0.05) is 12.6 Å². The molecule has 2 rings (SSSR count). The number of hydrogen-bond acceptors (Lipinski definition) is 4. The van der Waals surface area contributed by atoms with Crippen molar-refractivity contribution in [2.45, 2.75) is 33.1 Å². The van der Waals surface area contributed by atoms with Gasteiger partial charge >= 0.3 is 0 Å². The zero-order valence-electron chi connectivity index (χ0n) is 11.1. The molecule has 1 aliphatic heterocycles. The maximum absolute atomic E-state index is 11.8. The third-order valence-corrected chi connectivity index (χ3v) is 3.54. The average molecular weight is 251 g/mol. The molecule has 1 fully saturated rings. The van der Waals surface area contributed by atoms with E-state index in [0.717, 1.165) is 38.2 Å². The number of aryl methyl sites for hydroxylation is 1. The van der Waals surface area contributed by atoms with Gasteiger partial charge in [-0.15, -0.1) is 0 Å². The van der Waals surface area contributed by atoms with E-state index in [9.17, 15) is 4.79 Å². The first-order chi connectivity index (χ1) is 8.57. The number of carbonyl (C=O) groups is 1. The van der Waals surface area contributed by atoms with Crippen LogP contribution in [0.1, 0.15) is 31.2 Å². The lowest BCUT2D eigenvalue weighted by Crippen LogP contribution is -2.43. The standard InChI is InChI=1S/C13H21N3O2/c1-10-7-11(16-18-10)8-12(17)15-9-13(2)3-5-14-6-4-13/h7,14H,3-6,8-9H2,1-2H3,(H,15,17). The fourth-order valence-corrected chi connectivity index (χ4v) is 2.25. The first kappa shape index (κ1) is 13.1. The SMILES string of the molecule is Cc1cc(CC(=O)NCC2(C)CCNCC2)no1. The Hall–Kier alpha value is -1.36. The van der Waals surface area contributed by atoms with Gasteiger partial charge in [-0.3, -0.25) is 4.79 Å². The highest BCUT2D eigenvalue weighted by atomic mass is 16.5. The Bertz CT molecular complexity index is 408. The quantitative estimate of drug-likeness (QED) is 0.839. The van der Waals surface area contributed by atoms with Gasteiger partial charge in [-0.05, 0) is 38.3 Å². The van der Waals surface area contributed by atoms with Gasteiger partial charge < -0.3 is 15.2 Å². The van der Waals surface area contributed by atoms with E-state index in [4.69, 9.17) is 4.52 Å². The Morgan fingerprint density at radius 2 is 2.28 bits per heavy atom. The highest BCUT2D eigenvalue weighted by Crippen LogP contribution is 2.26. The van der Waals surface area contributed by atoms with Crippen LogP contribution in [0.15, 0.2) is 10.6 Å². The second-order valence-corrected chi connectivity index (χ2v) is 5.44. The molecule has 1 saturated heterocycles. The number of carbonyl (C=O) groups excluding carboxylic acids is 1. The van der Waals surface area contributed by atoms with Crippen molar-refractivity contribution in [2.75, 3.05) is 19.6 Å². The van der Waals surface area contributed by atoms with E-state index in [0.29, 0.717) is 12.1 Å². The molecule has 0 spiro atoms. The summed E-state index contributed by atoms with van der Waals surface area (Å²) in [5.41, 5.74) is 0.918. The molecule has 18 heavy (non-hydrogen) atoms. The molecule has 0 aliphatic carbocycles. The summed E-state index contributed by atoms with van der Waals surface area (Å²) in [6.07, 6.45) is 2.51. The number of amides is 1. The summed E-state index contributed by atoms with van der Waals surface area (Å²) in [6, 6.07) is 1.80. The first-order valence-electron chi connectivity index (χ1n) is 6.47. The van der Waals surface area contributed by atoms with E-state index in [1.165, 1.54) is 0 Å². The maximum atomic E-state index is 11.8. The van der Waals surface area contributed by atoms with Crippen LogP contribution in [0.4, 0.5) is 0 Å². The fraction of sp³-hybridized carbons (Fsp3) is 0.692. The zero-order valence-corrected chi connectivity index (χ0v) is 11.1. The van der Waals surface area contributed by atoms with Crippen molar-refractivity contribution < 1.29 is 9.32 Å². The molecule has 0 atom stereocenters. The molecule has 0 radical (unpaired) electrons.